The minimum absolute atomic E-state index is 0.236. The van der Waals surface area contributed by atoms with Crippen molar-refractivity contribution in [3.05, 3.63) is 35.4 Å². The lowest BCUT2D eigenvalue weighted by molar-refractivity contribution is -0.139. The number of benzene rings is 1. The Morgan fingerprint density at radius 3 is 2.28 bits per heavy atom. The van der Waals surface area contributed by atoms with Gasteiger partial charge in [0.2, 0.25) is 0 Å². The number of hydrogen-bond donors (Lipinski definition) is 2. The van der Waals surface area contributed by atoms with Crippen molar-refractivity contribution in [2.75, 3.05) is 0 Å². The largest absolute Gasteiger partial charge is 0.480 e. The zero-order chi connectivity index (χ0) is 18.4. The lowest BCUT2D eigenvalue weighted by Gasteiger charge is -2.23. The summed E-state index contributed by atoms with van der Waals surface area (Å²) < 4.78 is 5.14. The molecule has 1 aliphatic carbocycles. The van der Waals surface area contributed by atoms with E-state index in [1.54, 1.807) is 20.8 Å². The molecule has 0 radical (unpaired) electrons. The van der Waals surface area contributed by atoms with Gasteiger partial charge < -0.3 is 15.2 Å². The maximum atomic E-state index is 11.8. The van der Waals surface area contributed by atoms with Crippen LogP contribution in [0.25, 0.3) is 0 Å². The van der Waals surface area contributed by atoms with Crippen molar-refractivity contribution >= 4 is 12.1 Å². The van der Waals surface area contributed by atoms with E-state index in [1.165, 1.54) is 37.7 Å². The average Bonchev–Trinajstić information content (AvgIpc) is 2.54. The molecule has 1 aromatic carbocycles. The van der Waals surface area contributed by atoms with Crippen LogP contribution in [0.1, 0.15) is 69.9 Å². The summed E-state index contributed by atoms with van der Waals surface area (Å²) in [5.74, 6) is -0.444. The molecule has 25 heavy (non-hydrogen) atoms. The summed E-state index contributed by atoms with van der Waals surface area (Å²) in [5.41, 5.74) is 1.56. The van der Waals surface area contributed by atoms with Gasteiger partial charge in [0.25, 0.3) is 0 Å². The molecule has 1 amide bonds. The second-order valence-electron chi connectivity index (χ2n) is 7.82. The van der Waals surface area contributed by atoms with E-state index in [0.717, 1.165) is 5.56 Å². The highest BCUT2D eigenvalue weighted by Crippen LogP contribution is 2.32. The van der Waals surface area contributed by atoms with Crippen LogP contribution in [0, 0.1) is 0 Å². The van der Waals surface area contributed by atoms with Crippen LogP contribution < -0.4 is 5.32 Å². The van der Waals surface area contributed by atoms with Crippen LogP contribution in [-0.2, 0) is 16.0 Å². The van der Waals surface area contributed by atoms with Gasteiger partial charge in [-0.1, -0.05) is 43.5 Å². The summed E-state index contributed by atoms with van der Waals surface area (Å²) in [7, 11) is 0. The fraction of sp³-hybridized carbons (Fsp3) is 0.600. The number of nitrogens with one attached hydrogen (secondary N) is 1. The van der Waals surface area contributed by atoms with E-state index in [4.69, 9.17) is 4.74 Å². The molecule has 0 aromatic heterocycles. The Bertz CT molecular complexity index is 583. The van der Waals surface area contributed by atoms with Crippen molar-refractivity contribution in [2.24, 2.45) is 0 Å². The summed E-state index contributed by atoms with van der Waals surface area (Å²) in [6, 6.07) is 7.12. The number of rotatable bonds is 5. The molecular formula is C20H29NO4. The Kier molecular flexibility index (Phi) is 6.45. The Hall–Kier alpha value is -2.04. The van der Waals surface area contributed by atoms with Crippen LogP contribution >= 0.6 is 0 Å². The number of hydrogen-bond acceptors (Lipinski definition) is 3. The van der Waals surface area contributed by atoms with Crippen LogP contribution in [0.15, 0.2) is 24.3 Å². The molecule has 1 saturated carbocycles. The monoisotopic (exact) mass is 347 g/mol. The van der Waals surface area contributed by atoms with Gasteiger partial charge in [0.05, 0.1) is 0 Å². The van der Waals surface area contributed by atoms with Gasteiger partial charge >= 0.3 is 12.1 Å². The van der Waals surface area contributed by atoms with Crippen molar-refractivity contribution in [2.45, 2.75) is 76.9 Å². The Morgan fingerprint density at radius 2 is 1.76 bits per heavy atom. The summed E-state index contributed by atoms with van der Waals surface area (Å²) in [4.78, 5) is 23.3. The summed E-state index contributed by atoms with van der Waals surface area (Å²) >= 11 is 0. The SMILES string of the molecule is CC(C)(C)OC(=O)N[C@@H](Cc1ccc(C2CCCCC2)cc1)C(=O)O. The number of aliphatic carboxylic acids is 1. The summed E-state index contributed by atoms with van der Waals surface area (Å²) in [6.45, 7) is 5.23. The fourth-order valence-corrected chi connectivity index (χ4v) is 3.25. The molecule has 138 valence electrons. The van der Waals surface area contributed by atoms with E-state index in [-0.39, 0.29) is 6.42 Å². The number of carboxylic acid groups (broad SMARTS) is 1. The van der Waals surface area contributed by atoms with Gasteiger partial charge in [-0.3, -0.25) is 0 Å². The molecule has 0 saturated heterocycles. The van der Waals surface area contributed by atoms with E-state index in [0.29, 0.717) is 5.92 Å². The van der Waals surface area contributed by atoms with Gasteiger partial charge in [-0.15, -0.1) is 0 Å². The quantitative estimate of drug-likeness (QED) is 0.835. The van der Waals surface area contributed by atoms with Crippen molar-refractivity contribution in [1.29, 1.82) is 0 Å². The van der Waals surface area contributed by atoms with E-state index < -0.39 is 23.7 Å². The third-order valence-electron chi connectivity index (χ3n) is 4.49. The minimum Gasteiger partial charge on any atom is -0.480 e. The van der Waals surface area contributed by atoms with E-state index in [2.05, 4.69) is 17.4 Å². The molecule has 0 spiro atoms. The fourth-order valence-electron chi connectivity index (χ4n) is 3.25. The van der Waals surface area contributed by atoms with Crippen LogP contribution in [0.3, 0.4) is 0 Å². The Morgan fingerprint density at radius 1 is 1.16 bits per heavy atom. The predicted octanol–water partition coefficient (Wildman–Crippen LogP) is 4.25. The third kappa shape index (κ3) is 6.40. The first-order valence-corrected chi connectivity index (χ1v) is 9.06. The normalized spacial score (nSPS) is 16.9. The number of ether oxygens (including phenoxy) is 1. The van der Waals surface area contributed by atoms with Gasteiger partial charge in [-0.05, 0) is 50.7 Å². The van der Waals surface area contributed by atoms with Crippen molar-refractivity contribution in [1.82, 2.24) is 5.32 Å². The topological polar surface area (TPSA) is 75.6 Å². The minimum atomic E-state index is -1.07. The molecule has 1 fully saturated rings. The molecule has 0 aliphatic heterocycles. The summed E-state index contributed by atoms with van der Waals surface area (Å²) in [5, 5.41) is 11.8. The molecule has 2 N–H and O–H groups in total. The van der Waals surface area contributed by atoms with Crippen LogP contribution in [0.4, 0.5) is 4.79 Å². The van der Waals surface area contributed by atoms with Crippen LogP contribution in [-0.4, -0.2) is 28.8 Å². The molecule has 1 atom stereocenters. The zero-order valence-electron chi connectivity index (χ0n) is 15.4. The molecule has 1 aliphatic rings. The highest BCUT2D eigenvalue weighted by molar-refractivity contribution is 5.80. The Labute approximate surface area is 149 Å². The number of alkyl carbamates (subject to hydrolysis) is 1. The number of carbonyl (C=O) groups is 2. The first kappa shape index (κ1) is 19.3. The molecule has 1 aromatic rings. The number of amides is 1. The van der Waals surface area contributed by atoms with Crippen LogP contribution in [0.5, 0.6) is 0 Å². The number of carbonyl (C=O) groups excluding carboxylic acids is 1. The average molecular weight is 347 g/mol. The molecule has 5 nitrogen and oxygen atoms in total. The second kappa shape index (κ2) is 8.37. The Balaban J connectivity index is 1.97. The van der Waals surface area contributed by atoms with Crippen molar-refractivity contribution < 1.29 is 19.4 Å². The first-order chi connectivity index (χ1) is 11.7. The maximum absolute atomic E-state index is 11.8. The highest BCUT2D eigenvalue weighted by atomic mass is 16.6. The number of carboxylic acids is 1. The van der Waals surface area contributed by atoms with Crippen molar-refractivity contribution in [3.63, 3.8) is 0 Å². The highest BCUT2D eigenvalue weighted by Gasteiger charge is 2.24. The smallest absolute Gasteiger partial charge is 0.408 e. The molecule has 5 heteroatoms. The lowest BCUT2D eigenvalue weighted by atomic mass is 9.84. The molecule has 0 bridgehead atoms. The van der Waals surface area contributed by atoms with E-state index in [9.17, 15) is 14.7 Å². The molecule has 2 rings (SSSR count). The van der Waals surface area contributed by atoms with Gasteiger partial charge in [0.15, 0.2) is 0 Å². The van der Waals surface area contributed by atoms with Gasteiger partial charge in [0.1, 0.15) is 11.6 Å². The molecular weight excluding hydrogens is 318 g/mol. The van der Waals surface area contributed by atoms with Gasteiger partial charge in [0, 0.05) is 6.42 Å². The van der Waals surface area contributed by atoms with Crippen molar-refractivity contribution in [3.8, 4) is 0 Å². The summed E-state index contributed by atoms with van der Waals surface area (Å²) in [6.07, 6.45) is 5.89. The van der Waals surface area contributed by atoms with Gasteiger partial charge in [-0.25, -0.2) is 9.59 Å². The molecule has 0 unspecified atom stereocenters. The molecule has 0 heterocycles. The lowest BCUT2D eigenvalue weighted by Crippen LogP contribution is -2.44. The maximum Gasteiger partial charge on any atom is 0.408 e. The van der Waals surface area contributed by atoms with E-state index >= 15 is 0 Å². The predicted molar refractivity (Wildman–Crippen MR) is 96.8 cm³/mol. The van der Waals surface area contributed by atoms with Gasteiger partial charge in [-0.2, -0.15) is 0 Å². The van der Waals surface area contributed by atoms with Crippen LogP contribution in [0.2, 0.25) is 0 Å². The van der Waals surface area contributed by atoms with E-state index in [1.807, 2.05) is 12.1 Å². The standard InChI is InChI=1S/C20H29NO4/c1-20(2,3)25-19(24)21-17(18(22)23)13-14-9-11-16(12-10-14)15-7-5-4-6-8-15/h9-12,15,17H,4-8,13H2,1-3H3,(H,21,24)(H,22,23)/t17-/m0/s1. The first-order valence-electron chi connectivity index (χ1n) is 9.06. The zero-order valence-corrected chi connectivity index (χ0v) is 15.4. The second-order valence-corrected chi connectivity index (χ2v) is 7.82. The third-order valence-corrected chi connectivity index (χ3v) is 4.49.